The number of piperidine rings is 1. The highest BCUT2D eigenvalue weighted by Gasteiger charge is 2.26. The Labute approximate surface area is 165 Å². The summed E-state index contributed by atoms with van der Waals surface area (Å²) in [6.45, 7) is 1.93. The summed E-state index contributed by atoms with van der Waals surface area (Å²) < 4.78 is 1.69. The molecule has 0 radical (unpaired) electrons. The van der Waals surface area contributed by atoms with Crippen molar-refractivity contribution in [1.82, 2.24) is 25.3 Å². The first-order valence-corrected chi connectivity index (χ1v) is 9.58. The largest absolute Gasteiger partial charge is 0.352 e. The topological polar surface area (TPSA) is 91.3 Å². The van der Waals surface area contributed by atoms with Gasteiger partial charge < -0.3 is 16.0 Å². The van der Waals surface area contributed by atoms with E-state index in [1.807, 2.05) is 43.6 Å². The molecule has 1 unspecified atom stereocenters. The zero-order chi connectivity index (χ0) is 19.9. The van der Waals surface area contributed by atoms with Gasteiger partial charge in [0.25, 0.3) is 0 Å². The van der Waals surface area contributed by atoms with Crippen LogP contribution in [0.15, 0.2) is 42.7 Å². The lowest BCUT2D eigenvalue weighted by molar-refractivity contribution is -0.124. The van der Waals surface area contributed by atoms with E-state index in [9.17, 15) is 9.59 Å². The third-order valence-corrected chi connectivity index (χ3v) is 4.97. The summed E-state index contributed by atoms with van der Waals surface area (Å²) >= 11 is 0. The number of rotatable bonds is 7. The fourth-order valence-electron chi connectivity index (χ4n) is 3.48. The molecule has 1 atom stereocenters. The molecule has 0 spiro atoms. The van der Waals surface area contributed by atoms with Gasteiger partial charge in [-0.25, -0.2) is 0 Å². The molecular weight excluding hydrogens is 356 g/mol. The summed E-state index contributed by atoms with van der Waals surface area (Å²) in [5, 5.41) is 13.2. The summed E-state index contributed by atoms with van der Waals surface area (Å²) in [6.07, 6.45) is 5.20. The van der Waals surface area contributed by atoms with Gasteiger partial charge in [-0.05, 0) is 32.0 Å². The van der Waals surface area contributed by atoms with Crippen LogP contribution in [0.25, 0.3) is 0 Å². The molecule has 8 nitrogen and oxygen atoms in total. The van der Waals surface area contributed by atoms with Crippen LogP contribution in [0, 0.1) is 0 Å². The second kappa shape index (κ2) is 9.48. The lowest BCUT2D eigenvalue weighted by atomic mass is 10.0. The fourth-order valence-corrected chi connectivity index (χ4v) is 3.48. The Morgan fingerprint density at radius 3 is 2.54 bits per heavy atom. The van der Waals surface area contributed by atoms with E-state index >= 15 is 0 Å². The molecule has 0 saturated carbocycles. The number of hydrogen-bond donors (Lipinski definition) is 3. The summed E-state index contributed by atoms with van der Waals surface area (Å²) in [6, 6.07) is 9.17. The molecule has 2 heterocycles. The molecule has 2 amide bonds. The lowest BCUT2D eigenvalue weighted by Gasteiger charge is -2.32. The van der Waals surface area contributed by atoms with Crippen molar-refractivity contribution in [1.29, 1.82) is 0 Å². The molecule has 150 valence electrons. The van der Waals surface area contributed by atoms with Crippen molar-refractivity contribution in [3.05, 3.63) is 48.3 Å². The summed E-state index contributed by atoms with van der Waals surface area (Å²) in [4.78, 5) is 26.9. The molecule has 0 aliphatic carbocycles. The normalized spacial score (nSPS) is 16.5. The van der Waals surface area contributed by atoms with Gasteiger partial charge in [-0.3, -0.25) is 19.2 Å². The number of carbonyl (C=O) groups is 2. The smallest absolute Gasteiger partial charge is 0.242 e. The number of carbonyl (C=O) groups excluding carboxylic acids is 2. The first-order valence-electron chi connectivity index (χ1n) is 9.58. The molecule has 1 aliphatic heterocycles. The number of anilines is 1. The van der Waals surface area contributed by atoms with Crippen molar-refractivity contribution in [2.75, 3.05) is 32.0 Å². The molecule has 1 aromatic heterocycles. The summed E-state index contributed by atoms with van der Waals surface area (Å²) in [5.41, 5.74) is 1.65. The predicted molar refractivity (Wildman–Crippen MR) is 108 cm³/mol. The minimum absolute atomic E-state index is 0.0134. The molecule has 28 heavy (non-hydrogen) atoms. The molecule has 3 rings (SSSR count). The zero-order valence-corrected chi connectivity index (χ0v) is 16.4. The first kappa shape index (κ1) is 20.0. The maximum absolute atomic E-state index is 12.6. The van der Waals surface area contributed by atoms with Gasteiger partial charge in [-0.2, -0.15) is 5.10 Å². The third kappa shape index (κ3) is 5.40. The second-order valence-electron chi connectivity index (χ2n) is 7.14. The molecule has 3 N–H and O–H groups in total. The van der Waals surface area contributed by atoms with Crippen molar-refractivity contribution in [3.63, 3.8) is 0 Å². The van der Waals surface area contributed by atoms with E-state index in [1.165, 1.54) is 0 Å². The number of likely N-dealkylation sites (N-methyl/N-ethyl adjacent to an activating group) is 1. The zero-order valence-electron chi connectivity index (χ0n) is 16.4. The molecule has 8 heteroatoms. The number of aryl methyl sites for hydroxylation is 1. The molecule has 1 fully saturated rings. The van der Waals surface area contributed by atoms with Crippen LogP contribution in [0.1, 0.15) is 24.4 Å². The lowest BCUT2D eigenvalue weighted by Crippen LogP contribution is -2.48. The van der Waals surface area contributed by atoms with E-state index in [0.29, 0.717) is 6.54 Å². The van der Waals surface area contributed by atoms with E-state index in [-0.39, 0.29) is 17.9 Å². The molecular formula is C20H28N6O2. The van der Waals surface area contributed by atoms with Gasteiger partial charge >= 0.3 is 0 Å². The summed E-state index contributed by atoms with van der Waals surface area (Å²) in [7, 11) is 3.60. The highest BCUT2D eigenvalue weighted by molar-refractivity contribution is 5.92. The molecule has 2 aromatic rings. The van der Waals surface area contributed by atoms with Gasteiger partial charge in [0.1, 0.15) is 6.04 Å². The van der Waals surface area contributed by atoms with Crippen LogP contribution >= 0.6 is 0 Å². The maximum Gasteiger partial charge on any atom is 0.242 e. The van der Waals surface area contributed by atoms with Crippen LogP contribution in [0.4, 0.5) is 5.69 Å². The quantitative estimate of drug-likeness (QED) is 0.660. The number of amides is 2. The Balaban J connectivity index is 1.43. The highest BCUT2D eigenvalue weighted by Crippen LogP contribution is 2.15. The number of hydrogen-bond acceptors (Lipinski definition) is 5. The fraction of sp³-hybridized carbons (Fsp3) is 0.450. The van der Waals surface area contributed by atoms with Crippen LogP contribution in [0.5, 0.6) is 0 Å². The van der Waals surface area contributed by atoms with Crippen LogP contribution in [-0.4, -0.2) is 59.2 Å². The number of para-hydroxylation sites is 1. The Bertz CT molecular complexity index is 783. The number of benzene rings is 1. The SMILES string of the molecule is CNC(C(=O)NC1CCN(CC(=O)Nc2ccccc2)CC1)c1cnn(C)c1. The minimum Gasteiger partial charge on any atom is -0.352 e. The molecule has 0 bridgehead atoms. The Kier molecular flexibility index (Phi) is 6.78. The molecule has 1 saturated heterocycles. The van der Waals surface area contributed by atoms with Gasteiger partial charge in [0, 0.05) is 43.6 Å². The number of nitrogens with zero attached hydrogens (tertiary/aromatic N) is 3. The number of likely N-dealkylation sites (tertiary alicyclic amines) is 1. The van der Waals surface area contributed by atoms with Crippen LogP contribution in [-0.2, 0) is 16.6 Å². The molecule has 1 aliphatic rings. The van der Waals surface area contributed by atoms with E-state index in [1.54, 1.807) is 17.9 Å². The van der Waals surface area contributed by atoms with Crippen molar-refractivity contribution in [3.8, 4) is 0 Å². The van der Waals surface area contributed by atoms with Crippen LogP contribution in [0.3, 0.4) is 0 Å². The van der Waals surface area contributed by atoms with Crippen LogP contribution < -0.4 is 16.0 Å². The van der Waals surface area contributed by atoms with Crippen molar-refractivity contribution in [2.45, 2.75) is 24.9 Å². The van der Waals surface area contributed by atoms with Gasteiger partial charge in [0.15, 0.2) is 0 Å². The van der Waals surface area contributed by atoms with Crippen LogP contribution in [0.2, 0.25) is 0 Å². The Morgan fingerprint density at radius 1 is 1.21 bits per heavy atom. The monoisotopic (exact) mass is 384 g/mol. The molecule has 1 aromatic carbocycles. The second-order valence-corrected chi connectivity index (χ2v) is 7.14. The van der Waals surface area contributed by atoms with Crippen molar-refractivity contribution in [2.24, 2.45) is 7.05 Å². The van der Waals surface area contributed by atoms with Crippen molar-refractivity contribution < 1.29 is 9.59 Å². The van der Waals surface area contributed by atoms with E-state index < -0.39 is 6.04 Å². The van der Waals surface area contributed by atoms with E-state index in [0.717, 1.165) is 37.2 Å². The highest BCUT2D eigenvalue weighted by atomic mass is 16.2. The minimum atomic E-state index is -0.414. The standard InChI is InChI=1S/C20H28N6O2/c1-21-19(15-12-22-25(2)13-15)20(28)24-17-8-10-26(11-9-17)14-18(27)23-16-6-4-3-5-7-16/h3-7,12-13,17,19,21H,8-11,14H2,1-2H3,(H,23,27)(H,24,28). The average Bonchev–Trinajstić information content (AvgIpc) is 3.10. The summed E-state index contributed by atoms with van der Waals surface area (Å²) in [5.74, 6) is -0.0590. The van der Waals surface area contributed by atoms with E-state index in [2.05, 4.69) is 25.9 Å². The van der Waals surface area contributed by atoms with Gasteiger partial charge in [-0.15, -0.1) is 0 Å². The third-order valence-electron chi connectivity index (χ3n) is 4.97. The maximum atomic E-state index is 12.6. The first-order chi connectivity index (χ1) is 13.5. The average molecular weight is 384 g/mol. The van der Waals surface area contributed by atoms with Gasteiger partial charge in [0.2, 0.25) is 11.8 Å². The number of aromatic nitrogens is 2. The van der Waals surface area contributed by atoms with Gasteiger partial charge in [-0.1, -0.05) is 18.2 Å². The van der Waals surface area contributed by atoms with Gasteiger partial charge in [0.05, 0.1) is 12.7 Å². The predicted octanol–water partition coefficient (Wildman–Crippen LogP) is 0.900. The Morgan fingerprint density at radius 2 is 1.93 bits per heavy atom. The van der Waals surface area contributed by atoms with Crippen molar-refractivity contribution >= 4 is 17.5 Å². The van der Waals surface area contributed by atoms with E-state index in [4.69, 9.17) is 0 Å². The number of nitrogens with one attached hydrogen (secondary N) is 3. The Hall–Kier alpha value is -2.71.